The smallest absolute Gasteiger partial charge is 0.198 e. The number of hydrogen-bond donors (Lipinski definition) is 3. The Labute approximate surface area is 208 Å². The number of aromatic hydroxyl groups is 1. The maximum absolute atomic E-state index is 10.4. The first kappa shape index (κ1) is 22.8. The van der Waals surface area contributed by atoms with Crippen LogP contribution in [0.1, 0.15) is 29.2 Å². The highest BCUT2D eigenvalue weighted by molar-refractivity contribution is 6.42. The molecule has 1 aliphatic heterocycles. The Morgan fingerprint density at radius 2 is 1.65 bits per heavy atom. The van der Waals surface area contributed by atoms with Crippen molar-refractivity contribution >= 4 is 51.2 Å². The molecular weight excluding hydrogens is 467 g/mol. The van der Waals surface area contributed by atoms with Crippen LogP contribution in [0, 0.1) is 0 Å². The standard InChI is InChI=1S/C27H26Cl2N4O/c1-16(26-22-14-20(30)4-7-25(22)32-27(26)34)31-21-5-2-17(3-6-21)15-33-10-8-18-12-23(28)24(29)13-19(18)9-11-33/h2-7,12-14,32,34H,8-11,15,30H2,1H3. The lowest BCUT2D eigenvalue weighted by Gasteiger charge is -2.19. The molecule has 0 unspecified atom stereocenters. The SMILES string of the molecule is CC(=Nc1ccc(CN2CCc3cc(Cl)c(Cl)cc3CC2)cc1)c1c(O)[nH]c2ccc(N)cc12. The van der Waals surface area contributed by atoms with Gasteiger partial charge in [-0.1, -0.05) is 35.3 Å². The van der Waals surface area contributed by atoms with Crippen molar-refractivity contribution < 1.29 is 5.11 Å². The highest BCUT2D eigenvalue weighted by Gasteiger charge is 2.17. The van der Waals surface area contributed by atoms with Gasteiger partial charge in [-0.25, -0.2) is 0 Å². The summed E-state index contributed by atoms with van der Waals surface area (Å²) in [4.78, 5) is 10.2. The molecule has 0 bridgehead atoms. The first-order chi connectivity index (χ1) is 16.4. The van der Waals surface area contributed by atoms with Crippen LogP contribution in [0.5, 0.6) is 5.88 Å². The van der Waals surface area contributed by atoms with E-state index in [4.69, 9.17) is 33.9 Å². The van der Waals surface area contributed by atoms with Crippen LogP contribution in [0.2, 0.25) is 10.0 Å². The van der Waals surface area contributed by atoms with Gasteiger partial charge in [0.05, 0.1) is 27.0 Å². The normalized spacial score (nSPS) is 14.9. The zero-order valence-electron chi connectivity index (χ0n) is 18.9. The van der Waals surface area contributed by atoms with E-state index < -0.39 is 0 Å². The van der Waals surface area contributed by atoms with Crippen LogP contribution in [0.25, 0.3) is 10.9 Å². The predicted octanol–water partition coefficient (Wildman–Crippen LogP) is 6.50. The molecule has 34 heavy (non-hydrogen) atoms. The van der Waals surface area contributed by atoms with E-state index in [0.717, 1.165) is 54.8 Å². The molecule has 1 aromatic heterocycles. The first-order valence-electron chi connectivity index (χ1n) is 11.3. The molecule has 0 saturated heterocycles. The van der Waals surface area contributed by atoms with Crippen molar-refractivity contribution in [3.63, 3.8) is 0 Å². The van der Waals surface area contributed by atoms with Crippen LogP contribution in [-0.4, -0.2) is 33.8 Å². The van der Waals surface area contributed by atoms with Gasteiger partial charge in [-0.15, -0.1) is 0 Å². The number of aliphatic imine (C=N–C) groups is 1. The molecule has 0 radical (unpaired) electrons. The van der Waals surface area contributed by atoms with Crippen LogP contribution in [-0.2, 0) is 19.4 Å². The summed E-state index contributed by atoms with van der Waals surface area (Å²) in [7, 11) is 0. The number of nitrogens with one attached hydrogen (secondary N) is 1. The van der Waals surface area contributed by atoms with Gasteiger partial charge in [0.15, 0.2) is 5.88 Å². The number of H-pyrrole nitrogens is 1. The molecule has 5 rings (SSSR count). The summed E-state index contributed by atoms with van der Waals surface area (Å²) in [6, 6.07) is 17.8. The van der Waals surface area contributed by atoms with E-state index in [-0.39, 0.29) is 5.88 Å². The molecule has 0 spiro atoms. The minimum Gasteiger partial charge on any atom is -0.494 e. The van der Waals surface area contributed by atoms with Crippen molar-refractivity contribution in [2.45, 2.75) is 26.3 Å². The van der Waals surface area contributed by atoms with Crippen molar-refractivity contribution in [2.75, 3.05) is 18.8 Å². The van der Waals surface area contributed by atoms with E-state index in [1.54, 1.807) is 6.07 Å². The lowest BCUT2D eigenvalue weighted by molar-refractivity contribution is 0.279. The van der Waals surface area contributed by atoms with Gasteiger partial charge in [0.1, 0.15) is 0 Å². The number of rotatable bonds is 4. The Morgan fingerprint density at radius 3 is 2.29 bits per heavy atom. The average molecular weight is 493 g/mol. The minimum atomic E-state index is 0.100. The Bertz CT molecular complexity index is 1360. The number of benzene rings is 3. The fourth-order valence-electron chi connectivity index (χ4n) is 4.67. The molecule has 0 fully saturated rings. The summed E-state index contributed by atoms with van der Waals surface area (Å²) >= 11 is 12.4. The van der Waals surface area contributed by atoms with Gasteiger partial charge in [0.2, 0.25) is 0 Å². The number of halogens is 2. The van der Waals surface area contributed by atoms with Gasteiger partial charge in [-0.05, 0) is 78.9 Å². The quantitative estimate of drug-likeness (QED) is 0.224. The molecule has 1 aliphatic rings. The lowest BCUT2D eigenvalue weighted by atomic mass is 10.0. The molecule has 0 aliphatic carbocycles. The molecular formula is C27H26Cl2N4O. The molecule has 2 heterocycles. The summed E-state index contributed by atoms with van der Waals surface area (Å²) < 4.78 is 0. The first-order valence-corrected chi connectivity index (χ1v) is 12.1. The lowest BCUT2D eigenvalue weighted by Crippen LogP contribution is -2.25. The van der Waals surface area contributed by atoms with Crippen molar-refractivity contribution in [1.82, 2.24) is 9.88 Å². The third kappa shape index (κ3) is 4.64. The third-order valence-electron chi connectivity index (χ3n) is 6.44. The average Bonchev–Trinajstić information content (AvgIpc) is 3.01. The van der Waals surface area contributed by atoms with E-state index in [1.807, 2.05) is 43.3 Å². The summed E-state index contributed by atoms with van der Waals surface area (Å²) in [6.07, 6.45) is 1.93. The number of nitrogens with two attached hydrogens (primary N) is 1. The highest BCUT2D eigenvalue weighted by Crippen LogP contribution is 2.31. The molecule has 3 aromatic carbocycles. The number of aromatic nitrogens is 1. The Kier molecular flexibility index (Phi) is 6.26. The van der Waals surface area contributed by atoms with Gasteiger partial charge in [-0.2, -0.15) is 0 Å². The fourth-order valence-corrected chi connectivity index (χ4v) is 5.04. The van der Waals surface area contributed by atoms with E-state index >= 15 is 0 Å². The highest BCUT2D eigenvalue weighted by atomic mass is 35.5. The number of fused-ring (bicyclic) bond motifs is 2. The maximum Gasteiger partial charge on any atom is 0.198 e. The Balaban J connectivity index is 1.29. The van der Waals surface area contributed by atoms with Crippen molar-refractivity contribution in [3.05, 3.63) is 86.9 Å². The number of hydrogen-bond acceptors (Lipinski definition) is 4. The van der Waals surface area contributed by atoms with Crippen molar-refractivity contribution in [3.8, 4) is 5.88 Å². The summed E-state index contributed by atoms with van der Waals surface area (Å²) in [5.41, 5.74) is 13.5. The topological polar surface area (TPSA) is 77.6 Å². The summed E-state index contributed by atoms with van der Waals surface area (Å²) in [5, 5.41) is 12.5. The van der Waals surface area contributed by atoms with Gasteiger partial charge < -0.3 is 15.8 Å². The molecule has 0 amide bonds. The zero-order chi connectivity index (χ0) is 23.8. The number of nitrogens with zero attached hydrogens (tertiary/aromatic N) is 2. The second-order valence-electron chi connectivity index (χ2n) is 8.83. The zero-order valence-corrected chi connectivity index (χ0v) is 20.4. The predicted molar refractivity (Wildman–Crippen MR) is 142 cm³/mol. The molecule has 4 aromatic rings. The van der Waals surface area contributed by atoms with E-state index in [2.05, 4.69) is 22.0 Å². The minimum absolute atomic E-state index is 0.100. The van der Waals surface area contributed by atoms with Crippen molar-refractivity contribution in [2.24, 2.45) is 4.99 Å². The summed E-state index contributed by atoms with van der Waals surface area (Å²) in [5.74, 6) is 0.100. The van der Waals surface area contributed by atoms with Crippen molar-refractivity contribution in [1.29, 1.82) is 0 Å². The molecule has 0 atom stereocenters. The summed E-state index contributed by atoms with van der Waals surface area (Å²) in [6.45, 7) is 4.73. The van der Waals surface area contributed by atoms with E-state index in [1.165, 1.54) is 16.7 Å². The van der Waals surface area contributed by atoms with Gasteiger partial charge in [0, 0.05) is 36.2 Å². The van der Waals surface area contributed by atoms with Gasteiger partial charge in [-0.3, -0.25) is 9.89 Å². The van der Waals surface area contributed by atoms with Crippen LogP contribution in [0.4, 0.5) is 11.4 Å². The monoisotopic (exact) mass is 492 g/mol. The molecule has 0 saturated carbocycles. The van der Waals surface area contributed by atoms with Crippen LogP contribution >= 0.6 is 23.2 Å². The third-order valence-corrected chi connectivity index (χ3v) is 7.16. The Morgan fingerprint density at radius 1 is 1.00 bits per heavy atom. The number of aromatic amines is 1. The Hall–Kier alpha value is -2.99. The number of nitrogen functional groups attached to an aromatic ring is 1. The maximum atomic E-state index is 10.4. The molecule has 4 N–H and O–H groups in total. The molecule has 5 nitrogen and oxygen atoms in total. The van der Waals surface area contributed by atoms with Crippen LogP contribution in [0.15, 0.2) is 59.6 Å². The fraction of sp³-hybridized carbons (Fsp3) is 0.222. The number of anilines is 1. The second kappa shape index (κ2) is 9.34. The van der Waals surface area contributed by atoms with Crippen LogP contribution < -0.4 is 5.73 Å². The molecule has 174 valence electrons. The van der Waals surface area contributed by atoms with Gasteiger partial charge >= 0.3 is 0 Å². The largest absolute Gasteiger partial charge is 0.494 e. The van der Waals surface area contributed by atoms with E-state index in [9.17, 15) is 5.11 Å². The van der Waals surface area contributed by atoms with Gasteiger partial charge in [0.25, 0.3) is 0 Å². The molecule has 7 heteroatoms. The van der Waals surface area contributed by atoms with Crippen LogP contribution in [0.3, 0.4) is 0 Å². The second-order valence-corrected chi connectivity index (χ2v) is 9.64. The van der Waals surface area contributed by atoms with E-state index in [0.29, 0.717) is 21.3 Å².